The predicted octanol–water partition coefficient (Wildman–Crippen LogP) is 2.42. The van der Waals surface area contributed by atoms with Crippen molar-refractivity contribution in [3.63, 3.8) is 0 Å². The Morgan fingerprint density at radius 2 is 2.00 bits per heavy atom. The van der Waals surface area contributed by atoms with Gasteiger partial charge in [0.1, 0.15) is 5.82 Å². The maximum atomic E-state index is 12.7. The summed E-state index contributed by atoms with van der Waals surface area (Å²) in [6.45, 7) is 6.41. The van der Waals surface area contributed by atoms with Gasteiger partial charge in [-0.25, -0.2) is 13.6 Å². The van der Waals surface area contributed by atoms with E-state index in [0.29, 0.717) is 12.1 Å². The Morgan fingerprint density at radius 3 is 2.46 bits per heavy atom. The van der Waals surface area contributed by atoms with E-state index in [1.54, 1.807) is 0 Å². The molecule has 1 aromatic carbocycles. The molecule has 0 fully saturated rings. The van der Waals surface area contributed by atoms with Gasteiger partial charge in [0.25, 0.3) is 0 Å². The lowest BCUT2D eigenvalue weighted by Crippen LogP contribution is -1.93. The molecule has 6 heteroatoms. The second-order valence-electron chi connectivity index (χ2n) is 2.12. The average Bonchev–Trinajstić information content (AvgIpc) is 2.07. The van der Waals surface area contributed by atoms with Crippen molar-refractivity contribution in [2.75, 3.05) is 0 Å². The molecule has 1 aromatic rings. The number of nitro benzene ring substituents is 1. The van der Waals surface area contributed by atoms with Crippen molar-refractivity contribution >= 4 is 11.4 Å². The monoisotopic (exact) mass is 184 g/mol. The van der Waals surface area contributed by atoms with Gasteiger partial charge >= 0.3 is 5.69 Å². The lowest BCUT2D eigenvalue weighted by Gasteiger charge is -1.95. The summed E-state index contributed by atoms with van der Waals surface area (Å²) < 4.78 is 25.4. The van der Waals surface area contributed by atoms with Gasteiger partial charge in [-0.05, 0) is 6.07 Å². The Balaban J connectivity index is 3.39. The van der Waals surface area contributed by atoms with E-state index >= 15 is 0 Å². The fraction of sp³-hybridized carbons (Fsp3) is 0. The Bertz CT molecular complexity index is 412. The summed E-state index contributed by atoms with van der Waals surface area (Å²) >= 11 is 0. The molecule has 0 aliphatic carbocycles. The highest BCUT2D eigenvalue weighted by molar-refractivity contribution is 5.51. The van der Waals surface area contributed by atoms with E-state index in [1.807, 2.05) is 0 Å². The van der Waals surface area contributed by atoms with Crippen LogP contribution >= 0.6 is 0 Å². The van der Waals surface area contributed by atoms with Crippen molar-refractivity contribution in [3.8, 4) is 0 Å². The summed E-state index contributed by atoms with van der Waals surface area (Å²) in [5, 5.41) is 10.1. The number of hydrogen-bond acceptors (Lipinski definition) is 2. The average molecular weight is 184 g/mol. The largest absolute Gasteiger partial charge is 0.305 e. The summed E-state index contributed by atoms with van der Waals surface area (Å²) in [6.07, 6.45) is 0. The van der Waals surface area contributed by atoms with E-state index in [1.165, 1.54) is 0 Å². The van der Waals surface area contributed by atoms with Crippen molar-refractivity contribution in [2.45, 2.75) is 0 Å². The standard InChI is InChI=1S/C7H2F2N2O2/c1-10-6-2-5(9)7(11(12)13)3-4(6)8/h2-3H. The smallest absolute Gasteiger partial charge is 0.258 e. The van der Waals surface area contributed by atoms with Crippen LogP contribution < -0.4 is 0 Å². The topological polar surface area (TPSA) is 47.5 Å². The molecule has 0 aromatic heterocycles. The third-order valence-corrected chi connectivity index (χ3v) is 1.33. The molecule has 0 spiro atoms. The van der Waals surface area contributed by atoms with Crippen LogP contribution in [0.4, 0.5) is 20.2 Å². The molecule has 0 aliphatic rings. The highest BCUT2D eigenvalue weighted by Gasteiger charge is 2.17. The van der Waals surface area contributed by atoms with Crippen LogP contribution in [0.3, 0.4) is 0 Å². The summed E-state index contributed by atoms with van der Waals surface area (Å²) in [7, 11) is 0. The fourth-order valence-electron chi connectivity index (χ4n) is 0.751. The van der Waals surface area contributed by atoms with Gasteiger partial charge in [-0.15, -0.1) is 0 Å². The molecule has 0 heterocycles. The molecular formula is C7H2F2N2O2. The molecule has 0 N–H and O–H groups in total. The van der Waals surface area contributed by atoms with E-state index < -0.39 is 27.9 Å². The number of rotatable bonds is 1. The first-order valence-corrected chi connectivity index (χ1v) is 3.07. The van der Waals surface area contributed by atoms with Gasteiger partial charge in [-0.1, -0.05) is 0 Å². The van der Waals surface area contributed by atoms with Crippen LogP contribution in [0.1, 0.15) is 0 Å². The molecule has 0 atom stereocenters. The highest BCUT2D eigenvalue weighted by Crippen LogP contribution is 2.26. The number of halogens is 2. The van der Waals surface area contributed by atoms with Crippen molar-refractivity contribution in [1.82, 2.24) is 0 Å². The van der Waals surface area contributed by atoms with Crippen LogP contribution in [0.2, 0.25) is 0 Å². The Morgan fingerprint density at radius 1 is 1.38 bits per heavy atom. The molecule has 13 heavy (non-hydrogen) atoms. The molecule has 0 saturated carbocycles. The van der Waals surface area contributed by atoms with Crippen molar-refractivity contribution in [3.05, 3.63) is 45.3 Å². The number of nitro groups is 1. The third kappa shape index (κ3) is 1.59. The van der Waals surface area contributed by atoms with Gasteiger partial charge in [-0.2, -0.15) is 0 Å². The molecule has 0 unspecified atom stereocenters. The zero-order chi connectivity index (χ0) is 10.0. The van der Waals surface area contributed by atoms with Gasteiger partial charge in [0, 0.05) is 6.07 Å². The van der Waals surface area contributed by atoms with Gasteiger partial charge < -0.3 is 0 Å². The number of nitrogens with zero attached hydrogens (tertiary/aromatic N) is 2. The lowest BCUT2D eigenvalue weighted by atomic mass is 10.2. The van der Waals surface area contributed by atoms with Crippen LogP contribution in [-0.4, -0.2) is 4.92 Å². The van der Waals surface area contributed by atoms with Crippen LogP contribution in [0, 0.1) is 28.3 Å². The number of benzene rings is 1. The quantitative estimate of drug-likeness (QED) is 0.382. The molecule has 66 valence electrons. The summed E-state index contributed by atoms with van der Waals surface area (Å²) in [4.78, 5) is 11.7. The maximum absolute atomic E-state index is 12.7. The SMILES string of the molecule is [C-]#[N+]c1cc(F)c([N+](=O)[O-])cc1F. The molecule has 1 rings (SSSR count). The zero-order valence-electron chi connectivity index (χ0n) is 6.12. The fourth-order valence-corrected chi connectivity index (χ4v) is 0.751. The molecule has 0 amide bonds. The minimum atomic E-state index is -1.21. The van der Waals surface area contributed by atoms with Crippen LogP contribution in [0.25, 0.3) is 4.85 Å². The first-order valence-electron chi connectivity index (χ1n) is 3.07. The zero-order valence-corrected chi connectivity index (χ0v) is 6.12. The normalized spacial score (nSPS) is 9.31. The minimum Gasteiger partial charge on any atom is -0.258 e. The Hall–Kier alpha value is -2.03. The van der Waals surface area contributed by atoms with Gasteiger partial charge in [0.2, 0.25) is 5.69 Å². The van der Waals surface area contributed by atoms with Crippen LogP contribution in [0.15, 0.2) is 12.1 Å². The molecule has 0 aliphatic heterocycles. The van der Waals surface area contributed by atoms with Crippen molar-refractivity contribution in [1.29, 1.82) is 0 Å². The van der Waals surface area contributed by atoms with Crippen LogP contribution in [0.5, 0.6) is 0 Å². The first-order chi connectivity index (χ1) is 6.06. The molecule has 0 radical (unpaired) electrons. The van der Waals surface area contributed by atoms with Crippen LogP contribution in [-0.2, 0) is 0 Å². The van der Waals surface area contributed by atoms with E-state index in [-0.39, 0.29) is 0 Å². The number of hydrogen-bond donors (Lipinski definition) is 0. The second kappa shape index (κ2) is 3.15. The first kappa shape index (κ1) is 9.06. The maximum Gasteiger partial charge on any atom is 0.305 e. The molecular weight excluding hydrogens is 182 g/mol. The van der Waals surface area contributed by atoms with Gasteiger partial charge in [-0.3, -0.25) is 10.1 Å². The minimum absolute atomic E-state index is 0.392. The Labute approximate surface area is 71.4 Å². The lowest BCUT2D eigenvalue weighted by molar-refractivity contribution is -0.387. The highest BCUT2D eigenvalue weighted by atomic mass is 19.1. The second-order valence-corrected chi connectivity index (χ2v) is 2.12. The van der Waals surface area contributed by atoms with E-state index in [4.69, 9.17) is 6.57 Å². The van der Waals surface area contributed by atoms with Gasteiger partial charge in [0.15, 0.2) is 5.82 Å². The summed E-state index contributed by atoms with van der Waals surface area (Å²) in [6, 6.07) is 0.892. The predicted molar refractivity (Wildman–Crippen MR) is 39.3 cm³/mol. The molecule has 4 nitrogen and oxygen atoms in total. The summed E-state index contributed by atoms with van der Waals surface area (Å²) in [5.41, 5.74) is -1.53. The molecule has 0 bridgehead atoms. The van der Waals surface area contributed by atoms with Crippen molar-refractivity contribution in [2.24, 2.45) is 0 Å². The van der Waals surface area contributed by atoms with Crippen molar-refractivity contribution < 1.29 is 13.7 Å². The molecule has 0 saturated heterocycles. The van der Waals surface area contributed by atoms with Gasteiger partial charge in [0.05, 0.1) is 11.5 Å². The third-order valence-electron chi connectivity index (χ3n) is 1.33. The Kier molecular flexibility index (Phi) is 2.19. The van der Waals surface area contributed by atoms with E-state index in [9.17, 15) is 18.9 Å². The summed E-state index contributed by atoms with van der Waals surface area (Å²) in [5.74, 6) is -2.31. The van der Waals surface area contributed by atoms with E-state index in [2.05, 4.69) is 4.85 Å². The van der Waals surface area contributed by atoms with E-state index in [0.717, 1.165) is 0 Å².